The summed E-state index contributed by atoms with van der Waals surface area (Å²) in [4.78, 5) is 7.11. The molecule has 0 spiro atoms. The van der Waals surface area contributed by atoms with Gasteiger partial charge >= 0.3 is 0 Å². The second-order valence-corrected chi connectivity index (χ2v) is 8.52. The van der Waals surface area contributed by atoms with E-state index in [9.17, 15) is 0 Å². The van der Waals surface area contributed by atoms with Gasteiger partial charge in [-0.1, -0.05) is 24.4 Å². The minimum atomic E-state index is 0. The number of aliphatic imine (C=N–C) groups is 1. The highest BCUT2D eigenvalue weighted by Crippen LogP contribution is 2.26. The van der Waals surface area contributed by atoms with Crippen LogP contribution in [0, 0.1) is 0 Å². The van der Waals surface area contributed by atoms with Crippen LogP contribution in [0.1, 0.15) is 44.1 Å². The van der Waals surface area contributed by atoms with Crippen molar-refractivity contribution < 1.29 is 0 Å². The third-order valence-electron chi connectivity index (χ3n) is 6.12. The van der Waals surface area contributed by atoms with E-state index in [1.807, 2.05) is 48.4 Å². The first-order valence-corrected chi connectivity index (χ1v) is 11.1. The van der Waals surface area contributed by atoms with Crippen molar-refractivity contribution in [2.24, 2.45) is 4.99 Å². The van der Waals surface area contributed by atoms with E-state index in [4.69, 9.17) is 11.6 Å². The summed E-state index contributed by atoms with van der Waals surface area (Å²) >= 11 is 5.96. The molecule has 30 heavy (non-hydrogen) atoms. The van der Waals surface area contributed by atoms with Gasteiger partial charge in [0.2, 0.25) is 0 Å². The minimum absolute atomic E-state index is 0. The lowest BCUT2D eigenvalue weighted by atomic mass is 10.0. The van der Waals surface area contributed by atoms with E-state index in [1.165, 1.54) is 51.6 Å². The van der Waals surface area contributed by atoms with Gasteiger partial charge in [-0.15, -0.1) is 24.0 Å². The number of nitrogens with one attached hydrogen (secondary N) is 2. The number of halogens is 2. The predicted molar refractivity (Wildman–Crippen MR) is 134 cm³/mol. The molecule has 2 aliphatic rings. The van der Waals surface area contributed by atoms with E-state index >= 15 is 0 Å². The summed E-state index contributed by atoms with van der Waals surface area (Å²) in [7, 11) is 1.83. The summed E-state index contributed by atoms with van der Waals surface area (Å²) in [6.45, 7) is 3.09. The SMILES string of the molecule is CN=C(NCc1cnn(-c2ccc(Cl)cc2)c1)NC1CCN(C2CCCC2)CC1.I. The summed E-state index contributed by atoms with van der Waals surface area (Å²) in [5, 5.41) is 12.2. The molecular formula is C22H32ClIN6. The van der Waals surface area contributed by atoms with Crippen LogP contribution in [-0.2, 0) is 6.54 Å². The van der Waals surface area contributed by atoms with Crippen LogP contribution in [0.15, 0.2) is 41.7 Å². The zero-order valence-electron chi connectivity index (χ0n) is 17.6. The van der Waals surface area contributed by atoms with Crippen molar-refractivity contribution in [2.75, 3.05) is 20.1 Å². The monoisotopic (exact) mass is 542 g/mol. The van der Waals surface area contributed by atoms with E-state index in [0.29, 0.717) is 12.6 Å². The number of likely N-dealkylation sites (tertiary alicyclic amines) is 1. The van der Waals surface area contributed by atoms with Gasteiger partial charge in [0.25, 0.3) is 0 Å². The number of rotatable bonds is 5. The molecule has 2 fully saturated rings. The quantitative estimate of drug-likeness (QED) is 0.338. The molecule has 1 saturated carbocycles. The molecule has 0 atom stereocenters. The first kappa shape index (κ1) is 23.3. The number of hydrogen-bond acceptors (Lipinski definition) is 3. The molecule has 0 bridgehead atoms. The second-order valence-electron chi connectivity index (χ2n) is 8.09. The van der Waals surface area contributed by atoms with Gasteiger partial charge < -0.3 is 15.5 Å². The van der Waals surface area contributed by atoms with E-state index in [0.717, 1.165) is 28.3 Å². The molecule has 1 aliphatic heterocycles. The van der Waals surface area contributed by atoms with Crippen molar-refractivity contribution >= 4 is 41.5 Å². The molecule has 164 valence electrons. The minimum Gasteiger partial charge on any atom is -0.354 e. The average Bonchev–Trinajstić information content (AvgIpc) is 3.44. The van der Waals surface area contributed by atoms with Gasteiger partial charge in [0.15, 0.2) is 5.96 Å². The maximum absolute atomic E-state index is 5.96. The predicted octanol–water partition coefficient (Wildman–Crippen LogP) is 4.22. The fraction of sp³-hybridized carbons (Fsp3) is 0.545. The number of benzene rings is 1. The largest absolute Gasteiger partial charge is 0.354 e. The molecule has 2 N–H and O–H groups in total. The van der Waals surface area contributed by atoms with Gasteiger partial charge in [0, 0.05) is 55.5 Å². The van der Waals surface area contributed by atoms with E-state index < -0.39 is 0 Å². The smallest absolute Gasteiger partial charge is 0.191 e. The number of piperidine rings is 1. The summed E-state index contributed by atoms with van der Waals surface area (Å²) in [6.07, 6.45) is 11.9. The maximum Gasteiger partial charge on any atom is 0.191 e. The Morgan fingerprint density at radius 2 is 1.83 bits per heavy atom. The Morgan fingerprint density at radius 1 is 1.13 bits per heavy atom. The number of hydrogen-bond donors (Lipinski definition) is 2. The highest BCUT2D eigenvalue weighted by Gasteiger charge is 2.27. The van der Waals surface area contributed by atoms with E-state index in [1.54, 1.807) is 0 Å². The third kappa shape index (κ3) is 6.11. The molecule has 1 aliphatic carbocycles. The number of aromatic nitrogens is 2. The Hall–Kier alpha value is -1.32. The van der Waals surface area contributed by atoms with Crippen LogP contribution in [0.4, 0.5) is 0 Å². The molecule has 4 rings (SSSR count). The van der Waals surface area contributed by atoms with Crippen molar-refractivity contribution in [3.8, 4) is 5.69 Å². The summed E-state index contributed by atoms with van der Waals surface area (Å²) in [6, 6.07) is 9.01. The van der Waals surface area contributed by atoms with Gasteiger partial charge in [0.05, 0.1) is 11.9 Å². The molecular weight excluding hydrogens is 511 g/mol. The molecule has 0 radical (unpaired) electrons. The first-order chi connectivity index (χ1) is 14.2. The number of nitrogens with zero attached hydrogens (tertiary/aromatic N) is 4. The summed E-state index contributed by atoms with van der Waals surface area (Å²) in [5.41, 5.74) is 2.11. The Bertz CT molecular complexity index is 807. The van der Waals surface area contributed by atoms with Crippen LogP contribution in [0.5, 0.6) is 0 Å². The molecule has 2 heterocycles. The highest BCUT2D eigenvalue weighted by atomic mass is 127. The molecule has 6 nitrogen and oxygen atoms in total. The maximum atomic E-state index is 5.96. The van der Waals surface area contributed by atoms with Crippen LogP contribution < -0.4 is 10.6 Å². The van der Waals surface area contributed by atoms with Crippen LogP contribution in [0.25, 0.3) is 5.69 Å². The zero-order chi connectivity index (χ0) is 20.1. The van der Waals surface area contributed by atoms with Gasteiger partial charge in [0.1, 0.15) is 0 Å². The van der Waals surface area contributed by atoms with Crippen LogP contribution >= 0.6 is 35.6 Å². The lowest BCUT2D eigenvalue weighted by molar-refractivity contribution is 0.150. The van der Waals surface area contributed by atoms with E-state index in [-0.39, 0.29) is 24.0 Å². The normalized spacial score (nSPS) is 18.9. The number of guanidine groups is 1. The van der Waals surface area contributed by atoms with Crippen molar-refractivity contribution in [1.29, 1.82) is 0 Å². The fourth-order valence-corrected chi connectivity index (χ4v) is 4.56. The molecule has 1 aromatic heterocycles. The Kier molecular flexibility index (Phi) is 8.83. The van der Waals surface area contributed by atoms with Crippen molar-refractivity contribution in [3.05, 3.63) is 47.2 Å². The molecule has 1 saturated heterocycles. The molecule has 0 amide bonds. The van der Waals surface area contributed by atoms with Gasteiger partial charge in [-0.2, -0.15) is 5.10 Å². The molecule has 0 unspecified atom stereocenters. The standard InChI is InChI=1S/C22H31ClN6.HI/c1-24-22(27-19-10-12-28(13-11-19)20-4-2-3-5-20)25-14-17-15-26-29(16-17)21-8-6-18(23)7-9-21;/h6-9,15-16,19-20H,2-5,10-14H2,1H3,(H2,24,25,27);1H. The average molecular weight is 543 g/mol. The van der Waals surface area contributed by atoms with Crippen LogP contribution in [0.3, 0.4) is 0 Å². The van der Waals surface area contributed by atoms with Crippen molar-refractivity contribution in [3.63, 3.8) is 0 Å². The molecule has 8 heteroatoms. The first-order valence-electron chi connectivity index (χ1n) is 10.7. The van der Waals surface area contributed by atoms with Gasteiger partial charge in [-0.3, -0.25) is 4.99 Å². The highest BCUT2D eigenvalue weighted by molar-refractivity contribution is 14.0. The molecule has 2 aromatic rings. The Labute approximate surface area is 201 Å². The van der Waals surface area contributed by atoms with Gasteiger partial charge in [-0.05, 0) is 49.9 Å². The van der Waals surface area contributed by atoms with Crippen LogP contribution in [0.2, 0.25) is 5.02 Å². The summed E-state index contributed by atoms with van der Waals surface area (Å²) < 4.78 is 1.86. The fourth-order valence-electron chi connectivity index (χ4n) is 4.44. The van der Waals surface area contributed by atoms with Crippen molar-refractivity contribution in [1.82, 2.24) is 25.3 Å². The van der Waals surface area contributed by atoms with Crippen molar-refractivity contribution in [2.45, 2.75) is 57.2 Å². The van der Waals surface area contributed by atoms with E-state index in [2.05, 4.69) is 25.6 Å². The lowest BCUT2D eigenvalue weighted by Gasteiger charge is -2.36. The topological polar surface area (TPSA) is 57.5 Å². The van der Waals surface area contributed by atoms with Crippen LogP contribution in [-0.4, -0.2) is 52.9 Å². The third-order valence-corrected chi connectivity index (χ3v) is 6.37. The Balaban J connectivity index is 0.00000256. The summed E-state index contributed by atoms with van der Waals surface area (Å²) in [5.74, 6) is 0.864. The zero-order valence-corrected chi connectivity index (χ0v) is 20.6. The Morgan fingerprint density at radius 3 is 2.50 bits per heavy atom. The van der Waals surface area contributed by atoms with Gasteiger partial charge in [-0.25, -0.2) is 4.68 Å². The second kappa shape index (κ2) is 11.3. The molecule has 1 aromatic carbocycles. The lowest BCUT2D eigenvalue weighted by Crippen LogP contribution is -2.50.